The lowest BCUT2D eigenvalue weighted by atomic mass is 10.2. The summed E-state index contributed by atoms with van der Waals surface area (Å²) in [5, 5.41) is 1.62. The lowest BCUT2D eigenvalue weighted by Crippen LogP contribution is -2.34. The molecule has 0 heterocycles. The minimum Gasteiger partial charge on any atom is -0.450 e. The second kappa shape index (κ2) is 8.50. The fourth-order valence-corrected chi connectivity index (χ4v) is 1.13. The first kappa shape index (κ1) is 15.3. The molecule has 0 saturated carbocycles. The number of hydrogen-bond donors (Lipinski definition) is 1. The molecule has 0 fully saturated rings. The molecule has 0 rings (SSSR count). The summed E-state index contributed by atoms with van der Waals surface area (Å²) in [6, 6.07) is 0. The first-order chi connectivity index (χ1) is 7.45. The van der Waals surface area contributed by atoms with Crippen LogP contribution in [0.5, 0.6) is 0 Å². The van der Waals surface area contributed by atoms with Crippen LogP contribution in [0.2, 0.25) is 0 Å². The monoisotopic (exact) mass is 261 g/mol. The Hall–Kier alpha value is -0.650. The van der Waals surface area contributed by atoms with Crippen molar-refractivity contribution in [2.75, 3.05) is 19.0 Å². The molecule has 0 saturated heterocycles. The predicted octanol–water partition coefficient (Wildman–Crippen LogP) is 3.07. The van der Waals surface area contributed by atoms with Gasteiger partial charge in [0.1, 0.15) is 6.54 Å². The average Bonchev–Trinajstić information content (AvgIpc) is 2.19. The number of ether oxygens (including phenoxy) is 1. The van der Waals surface area contributed by atoms with Gasteiger partial charge in [-0.25, -0.2) is 4.79 Å². The minimum absolute atomic E-state index is 0.131. The van der Waals surface area contributed by atoms with Crippen molar-refractivity contribution in [2.24, 2.45) is 0 Å². The van der Waals surface area contributed by atoms with Gasteiger partial charge in [-0.2, -0.15) is 13.2 Å². The normalized spacial score (nSPS) is 11.2. The Morgan fingerprint density at radius 1 is 1.19 bits per heavy atom. The molecule has 0 atom stereocenters. The molecule has 0 aromatic heterocycles. The third-order valence-corrected chi connectivity index (χ3v) is 1.96. The first-order valence-corrected chi connectivity index (χ1v) is 5.52. The molecule has 1 N–H and O–H groups in total. The Kier molecular flexibility index (Phi) is 8.15. The SMILES string of the molecule is O=C(NCC(F)(F)F)OCCCCCCCl. The van der Waals surface area contributed by atoms with Crippen LogP contribution in [0.15, 0.2) is 0 Å². The van der Waals surface area contributed by atoms with E-state index >= 15 is 0 Å². The molecular weight excluding hydrogens is 247 g/mol. The van der Waals surface area contributed by atoms with Crippen molar-refractivity contribution < 1.29 is 22.7 Å². The molecule has 0 aliphatic carbocycles. The summed E-state index contributed by atoms with van der Waals surface area (Å²) in [6.07, 6.45) is -2.14. The van der Waals surface area contributed by atoms with E-state index in [1.54, 1.807) is 5.32 Å². The van der Waals surface area contributed by atoms with E-state index < -0.39 is 18.8 Å². The van der Waals surface area contributed by atoms with Crippen LogP contribution < -0.4 is 5.32 Å². The Labute approximate surface area is 97.3 Å². The van der Waals surface area contributed by atoms with E-state index in [2.05, 4.69) is 4.74 Å². The van der Waals surface area contributed by atoms with Gasteiger partial charge < -0.3 is 10.1 Å². The molecule has 0 aliphatic heterocycles. The van der Waals surface area contributed by atoms with Crippen LogP contribution in [0.4, 0.5) is 18.0 Å². The predicted molar refractivity (Wildman–Crippen MR) is 54.6 cm³/mol. The second-order valence-electron chi connectivity index (χ2n) is 3.21. The van der Waals surface area contributed by atoms with E-state index in [0.717, 1.165) is 19.3 Å². The van der Waals surface area contributed by atoms with Crippen molar-refractivity contribution >= 4 is 17.7 Å². The van der Waals surface area contributed by atoms with E-state index in [4.69, 9.17) is 11.6 Å². The van der Waals surface area contributed by atoms with Crippen molar-refractivity contribution in [3.05, 3.63) is 0 Å². The van der Waals surface area contributed by atoms with Gasteiger partial charge in [0.05, 0.1) is 6.61 Å². The first-order valence-electron chi connectivity index (χ1n) is 4.99. The molecule has 0 spiro atoms. The van der Waals surface area contributed by atoms with Crippen molar-refractivity contribution in [3.63, 3.8) is 0 Å². The third-order valence-electron chi connectivity index (χ3n) is 1.69. The van der Waals surface area contributed by atoms with Crippen LogP contribution in [0, 0.1) is 0 Å². The molecule has 96 valence electrons. The van der Waals surface area contributed by atoms with Crippen molar-refractivity contribution in [2.45, 2.75) is 31.9 Å². The van der Waals surface area contributed by atoms with Gasteiger partial charge in [-0.1, -0.05) is 12.8 Å². The number of rotatable bonds is 7. The zero-order valence-electron chi connectivity index (χ0n) is 8.78. The zero-order chi connectivity index (χ0) is 12.4. The molecule has 1 amide bonds. The maximum atomic E-state index is 11.7. The van der Waals surface area contributed by atoms with E-state index in [-0.39, 0.29) is 6.61 Å². The summed E-state index contributed by atoms with van der Waals surface area (Å²) < 4.78 is 39.5. The quantitative estimate of drug-likeness (QED) is 0.565. The summed E-state index contributed by atoms with van der Waals surface area (Å²) in [4.78, 5) is 10.7. The summed E-state index contributed by atoms with van der Waals surface area (Å²) >= 11 is 5.45. The largest absolute Gasteiger partial charge is 0.450 e. The second-order valence-corrected chi connectivity index (χ2v) is 3.59. The lowest BCUT2D eigenvalue weighted by molar-refractivity contribution is -0.123. The number of nitrogens with one attached hydrogen (secondary N) is 1. The van der Waals surface area contributed by atoms with Crippen LogP contribution in [-0.2, 0) is 4.74 Å². The fraction of sp³-hybridized carbons (Fsp3) is 0.889. The number of alkyl halides is 4. The van der Waals surface area contributed by atoms with Crippen LogP contribution in [0.1, 0.15) is 25.7 Å². The molecule has 0 aromatic rings. The highest BCUT2D eigenvalue weighted by Gasteiger charge is 2.27. The Morgan fingerprint density at radius 2 is 1.81 bits per heavy atom. The molecule has 7 heteroatoms. The average molecular weight is 262 g/mol. The Balaban J connectivity index is 3.31. The van der Waals surface area contributed by atoms with Gasteiger partial charge >= 0.3 is 12.3 Å². The minimum atomic E-state index is -4.40. The fourth-order valence-electron chi connectivity index (χ4n) is 0.938. The highest BCUT2D eigenvalue weighted by molar-refractivity contribution is 6.17. The van der Waals surface area contributed by atoms with Gasteiger partial charge in [-0.15, -0.1) is 11.6 Å². The number of halogens is 4. The maximum absolute atomic E-state index is 11.7. The van der Waals surface area contributed by atoms with Gasteiger partial charge in [0, 0.05) is 5.88 Å². The topological polar surface area (TPSA) is 38.3 Å². The van der Waals surface area contributed by atoms with Gasteiger partial charge in [0.25, 0.3) is 0 Å². The number of amides is 1. The maximum Gasteiger partial charge on any atom is 0.407 e. The molecule has 0 bridgehead atoms. The number of hydrogen-bond acceptors (Lipinski definition) is 2. The van der Waals surface area contributed by atoms with Crippen molar-refractivity contribution in [3.8, 4) is 0 Å². The molecule has 0 aliphatic rings. The molecule has 0 radical (unpaired) electrons. The number of unbranched alkanes of at least 4 members (excludes halogenated alkanes) is 3. The number of carbonyl (C=O) groups excluding carboxylic acids is 1. The van der Waals surface area contributed by atoms with Gasteiger partial charge in [-0.3, -0.25) is 0 Å². The van der Waals surface area contributed by atoms with Crippen LogP contribution in [0.3, 0.4) is 0 Å². The zero-order valence-corrected chi connectivity index (χ0v) is 9.53. The van der Waals surface area contributed by atoms with Gasteiger partial charge in [0.15, 0.2) is 0 Å². The molecule has 3 nitrogen and oxygen atoms in total. The summed E-state index contributed by atoms with van der Waals surface area (Å²) in [6.45, 7) is -1.23. The van der Waals surface area contributed by atoms with E-state index in [1.165, 1.54) is 0 Å². The number of alkyl carbamates (subject to hydrolysis) is 1. The standard InChI is InChI=1S/C9H15ClF3NO2/c10-5-3-1-2-4-6-16-8(15)14-7-9(11,12)13/h1-7H2,(H,14,15). The number of carbonyl (C=O) groups is 1. The van der Waals surface area contributed by atoms with Gasteiger partial charge in [-0.05, 0) is 12.8 Å². The van der Waals surface area contributed by atoms with Crippen molar-refractivity contribution in [1.82, 2.24) is 5.32 Å². The van der Waals surface area contributed by atoms with Crippen LogP contribution in [0.25, 0.3) is 0 Å². The van der Waals surface area contributed by atoms with Gasteiger partial charge in [0.2, 0.25) is 0 Å². The van der Waals surface area contributed by atoms with Crippen LogP contribution in [-0.4, -0.2) is 31.3 Å². The van der Waals surface area contributed by atoms with E-state index in [1.807, 2.05) is 0 Å². The summed E-state index contributed by atoms with van der Waals surface area (Å²) in [7, 11) is 0. The Bertz CT molecular complexity index is 200. The highest BCUT2D eigenvalue weighted by atomic mass is 35.5. The van der Waals surface area contributed by atoms with E-state index in [0.29, 0.717) is 12.3 Å². The third kappa shape index (κ3) is 11.4. The Morgan fingerprint density at radius 3 is 2.38 bits per heavy atom. The molecule has 0 aromatic carbocycles. The van der Waals surface area contributed by atoms with E-state index in [9.17, 15) is 18.0 Å². The van der Waals surface area contributed by atoms with Crippen molar-refractivity contribution in [1.29, 1.82) is 0 Å². The molecule has 0 unspecified atom stereocenters. The van der Waals surface area contributed by atoms with Crippen LogP contribution >= 0.6 is 11.6 Å². The summed E-state index contributed by atoms with van der Waals surface area (Å²) in [5.74, 6) is 0.590. The molecule has 16 heavy (non-hydrogen) atoms. The smallest absolute Gasteiger partial charge is 0.407 e. The highest BCUT2D eigenvalue weighted by Crippen LogP contribution is 2.12. The lowest BCUT2D eigenvalue weighted by Gasteiger charge is -2.08. The summed E-state index contributed by atoms with van der Waals surface area (Å²) in [5.41, 5.74) is 0. The molecular formula is C9H15ClF3NO2.